The Hall–Kier alpha value is -1.77. The molecule has 0 spiro atoms. The summed E-state index contributed by atoms with van der Waals surface area (Å²) >= 11 is 11.3. The smallest absolute Gasteiger partial charge is 0.325 e. The van der Waals surface area contributed by atoms with Crippen LogP contribution in [-0.2, 0) is 20.8 Å². The van der Waals surface area contributed by atoms with Gasteiger partial charge >= 0.3 is 6.18 Å². The van der Waals surface area contributed by atoms with Crippen LogP contribution in [0.1, 0.15) is 19.4 Å². The van der Waals surface area contributed by atoms with E-state index in [1.807, 2.05) is 0 Å². The molecule has 0 aliphatic carbocycles. The second-order valence-electron chi connectivity index (χ2n) is 6.11. The van der Waals surface area contributed by atoms with Crippen LogP contribution in [0.15, 0.2) is 47.4 Å². The molecule has 27 heavy (non-hydrogen) atoms. The van der Waals surface area contributed by atoms with Gasteiger partial charge in [-0.05, 0) is 56.3 Å². The third-order valence-electron chi connectivity index (χ3n) is 3.87. The number of amides is 1. The van der Waals surface area contributed by atoms with Crippen molar-refractivity contribution in [3.8, 4) is 0 Å². The number of hydrogen-bond acceptors (Lipinski definition) is 3. The molecule has 0 radical (unpaired) electrons. The highest BCUT2D eigenvalue weighted by molar-refractivity contribution is 7.93. The normalized spacial score (nSPS) is 12.7. The summed E-state index contributed by atoms with van der Waals surface area (Å²) in [7, 11) is -4.14. The lowest BCUT2D eigenvalue weighted by Gasteiger charge is -2.24. The summed E-state index contributed by atoms with van der Waals surface area (Å²) in [6.45, 7) is 2.32. The molecule has 0 saturated heterocycles. The number of hydrogen-bond donors (Lipinski definition) is 1. The molecule has 0 fully saturated rings. The van der Waals surface area contributed by atoms with Crippen LogP contribution in [0.2, 0.25) is 10.0 Å². The summed E-state index contributed by atoms with van der Waals surface area (Å²) in [4.78, 5) is 12.4. The Kier molecular flexibility index (Phi) is 5.85. The second kappa shape index (κ2) is 7.33. The van der Waals surface area contributed by atoms with E-state index >= 15 is 0 Å². The van der Waals surface area contributed by atoms with Gasteiger partial charge in [0.25, 0.3) is 0 Å². The molecule has 0 aromatic heterocycles. The number of sulfone groups is 1. The van der Waals surface area contributed by atoms with Crippen molar-refractivity contribution in [1.29, 1.82) is 0 Å². The number of anilines is 1. The Morgan fingerprint density at radius 2 is 1.56 bits per heavy atom. The summed E-state index contributed by atoms with van der Waals surface area (Å²) in [5.41, 5.74) is -1.36. The van der Waals surface area contributed by atoms with Crippen molar-refractivity contribution in [2.45, 2.75) is 29.7 Å². The van der Waals surface area contributed by atoms with Crippen LogP contribution in [0, 0.1) is 0 Å². The first-order valence-corrected chi connectivity index (χ1v) is 9.69. The molecule has 0 aliphatic heterocycles. The number of alkyl halides is 3. The van der Waals surface area contributed by atoms with Crippen LogP contribution in [0.25, 0.3) is 0 Å². The summed E-state index contributed by atoms with van der Waals surface area (Å²) in [6.07, 6.45) is -4.72. The average molecular weight is 440 g/mol. The van der Waals surface area contributed by atoms with E-state index in [9.17, 15) is 26.4 Å². The van der Waals surface area contributed by atoms with E-state index in [1.54, 1.807) is 0 Å². The van der Waals surface area contributed by atoms with Gasteiger partial charge in [-0.15, -0.1) is 0 Å². The Morgan fingerprint density at radius 1 is 1.00 bits per heavy atom. The van der Waals surface area contributed by atoms with Gasteiger partial charge in [0.2, 0.25) is 5.91 Å². The van der Waals surface area contributed by atoms with E-state index in [2.05, 4.69) is 5.32 Å². The Labute approximate surface area is 164 Å². The molecule has 0 unspecified atom stereocenters. The van der Waals surface area contributed by atoms with E-state index in [0.29, 0.717) is 11.1 Å². The van der Waals surface area contributed by atoms with Crippen molar-refractivity contribution >= 4 is 44.6 Å². The Bertz CT molecular complexity index is 972. The van der Waals surface area contributed by atoms with E-state index in [4.69, 9.17) is 23.2 Å². The highest BCUT2D eigenvalue weighted by Gasteiger charge is 2.43. The zero-order valence-corrected chi connectivity index (χ0v) is 16.4. The van der Waals surface area contributed by atoms with Gasteiger partial charge in [-0.25, -0.2) is 8.42 Å². The summed E-state index contributed by atoms with van der Waals surface area (Å²) in [6, 6.07) is 7.98. The number of carbonyl (C=O) groups excluding carboxylic acids is 1. The minimum atomic E-state index is -4.72. The van der Waals surface area contributed by atoms with Crippen molar-refractivity contribution in [2.75, 3.05) is 5.32 Å². The zero-order valence-electron chi connectivity index (χ0n) is 14.1. The van der Waals surface area contributed by atoms with Crippen LogP contribution in [0.4, 0.5) is 18.9 Å². The molecular formula is C17H14Cl2F3NO3S. The SMILES string of the molecule is CC(C)(C(=O)Nc1ccc(Cl)c(C(F)(F)F)c1)S(=O)(=O)c1ccc(Cl)cc1. The van der Waals surface area contributed by atoms with Gasteiger partial charge in [0, 0.05) is 10.7 Å². The lowest BCUT2D eigenvalue weighted by atomic mass is 10.1. The van der Waals surface area contributed by atoms with E-state index < -0.39 is 37.3 Å². The minimum absolute atomic E-state index is 0.140. The number of carbonyl (C=O) groups is 1. The molecule has 1 N–H and O–H groups in total. The van der Waals surface area contributed by atoms with Crippen molar-refractivity contribution < 1.29 is 26.4 Å². The molecule has 1 amide bonds. The molecule has 2 aromatic carbocycles. The van der Waals surface area contributed by atoms with Crippen LogP contribution < -0.4 is 5.32 Å². The van der Waals surface area contributed by atoms with Gasteiger partial charge in [0.15, 0.2) is 9.84 Å². The number of benzene rings is 2. The van der Waals surface area contributed by atoms with Crippen molar-refractivity contribution in [1.82, 2.24) is 0 Å². The summed E-state index contributed by atoms with van der Waals surface area (Å²) < 4.78 is 62.4. The largest absolute Gasteiger partial charge is 0.417 e. The number of halogens is 5. The lowest BCUT2D eigenvalue weighted by Crippen LogP contribution is -2.44. The molecular weight excluding hydrogens is 426 g/mol. The predicted molar refractivity (Wildman–Crippen MR) is 97.8 cm³/mol. The minimum Gasteiger partial charge on any atom is -0.325 e. The molecule has 0 atom stereocenters. The molecule has 0 heterocycles. The first-order chi connectivity index (χ1) is 12.3. The summed E-state index contributed by atoms with van der Waals surface area (Å²) in [5.74, 6) is -0.993. The quantitative estimate of drug-likeness (QED) is 0.711. The number of rotatable bonds is 4. The summed E-state index contributed by atoms with van der Waals surface area (Å²) in [5, 5.41) is 1.99. The van der Waals surface area contributed by atoms with Crippen LogP contribution in [0.3, 0.4) is 0 Å². The van der Waals surface area contributed by atoms with Crippen LogP contribution in [-0.4, -0.2) is 19.1 Å². The van der Waals surface area contributed by atoms with Gasteiger partial charge in [0.1, 0.15) is 4.75 Å². The van der Waals surface area contributed by atoms with Gasteiger partial charge in [-0.1, -0.05) is 23.2 Å². The van der Waals surface area contributed by atoms with Gasteiger partial charge < -0.3 is 5.32 Å². The maximum atomic E-state index is 12.9. The standard InChI is InChI=1S/C17H14Cl2F3NO3S/c1-16(2,27(25,26)12-6-3-10(18)4-7-12)15(24)23-11-5-8-14(19)13(9-11)17(20,21)22/h3-9H,1-2H3,(H,23,24). The number of nitrogens with one attached hydrogen (secondary N) is 1. The molecule has 4 nitrogen and oxygen atoms in total. The van der Waals surface area contributed by atoms with Gasteiger partial charge in [0.05, 0.1) is 15.5 Å². The molecule has 10 heteroatoms. The molecule has 0 aliphatic rings. The van der Waals surface area contributed by atoms with E-state index in [0.717, 1.165) is 26.0 Å². The van der Waals surface area contributed by atoms with Crippen molar-refractivity contribution in [3.63, 3.8) is 0 Å². The average Bonchev–Trinajstić information content (AvgIpc) is 2.55. The van der Waals surface area contributed by atoms with Crippen molar-refractivity contribution in [3.05, 3.63) is 58.1 Å². The van der Waals surface area contributed by atoms with Gasteiger partial charge in [-0.2, -0.15) is 13.2 Å². The molecule has 146 valence electrons. The van der Waals surface area contributed by atoms with E-state index in [1.165, 1.54) is 24.3 Å². The van der Waals surface area contributed by atoms with E-state index in [-0.39, 0.29) is 10.6 Å². The molecule has 2 aromatic rings. The maximum absolute atomic E-state index is 12.9. The van der Waals surface area contributed by atoms with Crippen molar-refractivity contribution in [2.24, 2.45) is 0 Å². The Morgan fingerprint density at radius 3 is 2.07 bits per heavy atom. The highest BCUT2D eigenvalue weighted by Crippen LogP contribution is 2.36. The highest BCUT2D eigenvalue weighted by atomic mass is 35.5. The second-order valence-corrected chi connectivity index (χ2v) is 9.46. The lowest BCUT2D eigenvalue weighted by molar-refractivity contribution is -0.137. The fourth-order valence-corrected chi connectivity index (χ4v) is 3.86. The Balaban J connectivity index is 2.35. The zero-order chi connectivity index (χ0) is 20.6. The topological polar surface area (TPSA) is 63.2 Å². The first-order valence-electron chi connectivity index (χ1n) is 7.45. The molecule has 0 bridgehead atoms. The third kappa shape index (κ3) is 4.39. The predicted octanol–water partition coefficient (Wildman–Crippen LogP) is 5.20. The third-order valence-corrected chi connectivity index (χ3v) is 6.88. The monoisotopic (exact) mass is 439 g/mol. The van der Waals surface area contributed by atoms with Gasteiger partial charge in [-0.3, -0.25) is 4.79 Å². The van der Waals surface area contributed by atoms with Crippen LogP contribution >= 0.6 is 23.2 Å². The van der Waals surface area contributed by atoms with Crippen LogP contribution in [0.5, 0.6) is 0 Å². The molecule has 2 rings (SSSR count). The fraction of sp³-hybridized carbons (Fsp3) is 0.235. The first kappa shape index (κ1) is 21.5. The fourth-order valence-electron chi connectivity index (χ4n) is 2.13. The maximum Gasteiger partial charge on any atom is 0.417 e. The molecule has 0 saturated carbocycles.